The fourth-order valence-electron chi connectivity index (χ4n) is 2.92. The molecule has 1 aromatic carbocycles. The molecule has 8 heteroatoms. The topological polar surface area (TPSA) is 90.6 Å². The summed E-state index contributed by atoms with van der Waals surface area (Å²) in [6.45, 7) is 5.47. The van der Waals surface area contributed by atoms with Crippen LogP contribution in [0.3, 0.4) is 0 Å². The summed E-state index contributed by atoms with van der Waals surface area (Å²) in [4.78, 5) is 35.1. The van der Waals surface area contributed by atoms with Crippen molar-refractivity contribution in [3.8, 4) is 0 Å². The lowest BCUT2D eigenvalue weighted by molar-refractivity contribution is -0.130. The highest BCUT2D eigenvalue weighted by molar-refractivity contribution is 5.98. The Bertz CT molecular complexity index is 796. The maximum absolute atomic E-state index is 12.3. The van der Waals surface area contributed by atoms with Crippen molar-refractivity contribution in [3.05, 3.63) is 48.6 Å². The molecule has 2 amide bonds. The molecule has 2 N–H and O–H groups in total. The number of aromatic amines is 1. The van der Waals surface area contributed by atoms with E-state index in [-0.39, 0.29) is 18.4 Å². The van der Waals surface area contributed by atoms with E-state index in [4.69, 9.17) is 4.74 Å². The number of ether oxygens (including phenoxy) is 1. The van der Waals surface area contributed by atoms with E-state index >= 15 is 0 Å². The molecule has 1 aliphatic rings. The summed E-state index contributed by atoms with van der Waals surface area (Å²) in [6.07, 6.45) is 6.23. The van der Waals surface area contributed by atoms with E-state index in [2.05, 4.69) is 20.2 Å². The third-order valence-corrected chi connectivity index (χ3v) is 4.48. The van der Waals surface area contributed by atoms with Gasteiger partial charge in [0.1, 0.15) is 6.54 Å². The van der Waals surface area contributed by atoms with Gasteiger partial charge >= 0.3 is 0 Å². The van der Waals surface area contributed by atoms with Crippen LogP contribution in [-0.4, -0.2) is 66.1 Å². The summed E-state index contributed by atoms with van der Waals surface area (Å²) in [7, 11) is 0. The highest BCUT2D eigenvalue weighted by Gasteiger charge is 2.14. The van der Waals surface area contributed by atoms with Gasteiger partial charge in [0.05, 0.1) is 31.4 Å². The molecule has 28 heavy (non-hydrogen) atoms. The number of H-pyrrole nitrogens is 1. The molecule has 1 fully saturated rings. The molecule has 1 aromatic heterocycles. The van der Waals surface area contributed by atoms with Crippen LogP contribution in [0.5, 0.6) is 0 Å². The van der Waals surface area contributed by atoms with Crippen molar-refractivity contribution in [2.45, 2.75) is 6.92 Å². The fraction of sp³-hybridized carbons (Fsp3) is 0.350. The normalized spacial score (nSPS) is 14.2. The number of hydrogen-bond donors (Lipinski definition) is 2. The van der Waals surface area contributed by atoms with Gasteiger partial charge in [0.2, 0.25) is 11.8 Å². The number of nitrogens with one attached hydrogen (secondary N) is 2. The van der Waals surface area contributed by atoms with E-state index in [1.165, 1.54) is 11.0 Å². The minimum atomic E-state index is -0.232. The van der Waals surface area contributed by atoms with E-state index in [0.29, 0.717) is 12.2 Å². The number of carbonyl (C=O) groups excluding carboxylic acids is 2. The quantitative estimate of drug-likeness (QED) is 0.711. The van der Waals surface area contributed by atoms with Gasteiger partial charge in [-0.1, -0.05) is 0 Å². The van der Waals surface area contributed by atoms with Crippen molar-refractivity contribution in [1.82, 2.24) is 14.9 Å². The predicted molar refractivity (Wildman–Crippen MR) is 108 cm³/mol. The van der Waals surface area contributed by atoms with Crippen LogP contribution in [0.2, 0.25) is 0 Å². The second-order valence-electron chi connectivity index (χ2n) is 6.39. The van der Waals surface area contributed by atoms with Crippen LogP contribution in [0.15, 0.2) is 42.9 Å². The first-order valence-corrected chi connectivity index (χ1v) is 9.33. The van der Waals surface area contributed by atoms with Crippen LogP contribution < -0.4 is 10.2 Å². The van der Waals surface area contributed by atoms with Crippen LogP contribution in [0.25, 0.3) is 6.08 Å². The molecular weight excluding hydrogens is 358 g/mol. The van der Waals surface area contributed by atoms with Gasteiger partial charge in [-0.3, -0.25) is 9.59 Å². The van der Waals surface area contributed by atoms with Crippen LogP contribution in [-0.2, 0) is 14.3 Å². The summed E-state index contributed by atoms with van der Waals surface area (Å²) >= 11 is 0. The molecule has 0 spiro atoms. The first kappa shape index (κ1) is 19.6. The van der Waals surface area contributed by atoms with E-state index in [9.17, 15) is 9.59 Å². The number of aromatic nitrogens is 2. The van der Waals surface area contributed by atoms with E-state index in [0.717, 1.165) is 37.7 Å². The summed E-state index contributed by atoms with van der Waals surface area (Å²) < 4.78 is 5.36. The van der Waals surface area contributed by atoms with E-state index in [1.807, 2.05) is 31.2 Å². The first-order chi connectivity index (χ1) is 13.7. The Morgan fingerprint density at radius 3 is 2.68 bits per heavy atom. The van der Waals surface area contributed by atoms with Crippen LogP contribution in [0.1, 0.15) is 12.6 Å². The Kier molecular flexibility index (Phi) is 6.80. The van der Waals surface area contributed by atoms with Gasteiger partial charge in [-0.2, -0.15) is 0 Å². The Labute approximate surface area is 164 Å². The number of anilines is 2. The molecule has 2 aromatic rings. The van der Waals surface area contributed by atoms with Crippen molar-refractivity contribution in [3.63, 3.8) is 0 Å². The summed E-state index contributed by atoms with van der Waals surface area (Å²) in [5.41, 5.74) is 2.54. The van der Waals surface area contributed by atoms with Crippen molar-refractivity contribution in [2.24, 2.45) is 0 Å². The lowest BCUT2D eigenvalue weighted by atomic mass is 10.2. The number of hydrogen-bond acceptors (Lipinski definition) is 5. The average Bonchev–Trinajstić information content (AvgIpc) is 3.25. The standard InChI is InChI=1S/C20H25N5O3/c1-2-24(20(27)8-5-17-13-21-15-22-17)14-19(26)23-16-3-6-18(7-4-16)25-9-11-28-12-10-25/h3-8,13,15H,2,9-12,14H2,1H3,(H,21,22)(H,23,26). The van der Waals surface area contributed by atoms with E-state index < -0.39 is 0 Å². The zero-order valence-corrected chi connectivity index (χ0v) is 15.9. The molecule has 8 nitrogen and oxygen atoms in total. The zero-order chi connectivity index (χ0) is 19.8. The second-order valence-corrected chi connectivity index (χ2v) is 6.39. The number of carbonyl (C=O) groups is 2. The monoisotopic (exact) mass is 383 g/mol. The molecule has 0 unspecified atom stereocenters. The van der Waals surface area contributed by atoms with Crippen LogP contribution >= 0.6 is 0 Å². The van der Waals surface area contributed by atoms with Gasteiger partial charge in [0.15, 0.2) is 0 Å². The lowest BCUT2D eigenvalue weighted by Crippen LogP contribution is -2.37. The number of morpholine rings is 1. The van der Waals surface area contributed by atoms with Crippen LogP contribution in [0.4, 0.5) is 11.4 Å². The van der Waals surface area contributed by atoms with Gasteiger partial charge in [-0.25, -0.2) is 4.98 Å². The Hall–Kier alpha value is -3.13. The molecular formula is C20H25N5O3. The number of benzene rings is 1. The predicted octanol–water partition coefficient (Wildman–Crippen LogP) is 1.75. The van der Waals surface area contributed by atoms with Crippen molar-refractivity contribution < 1.29 is 14.3 Å². The number of rotatable bonds is 7. The van der Waals surface area contributed by atoms with Crippen molar-refractivity contribution in [1.29, 1.82) is 0 Å². The average molecular weight is 383 g/mol. The third kappa shape index (κ3) is 5.43. The molecule has 0 radical (unpaired) electrons. The summed E-state index contributed by atoms with van der Waals surface area (Å²) in [6, 6.07) is 7.71. The second kappa shape index (κ2) is 9.70. The summed E-state index contributed by atoms with van der Waals surface area (Å²) in [5.74, 6) is -0.459. The Morgan fingerprint density at radius 2 is 2.04 bits per heavy atom. The molecule has 0 atom stereocenters. The molecule has 0 aliphatic carbocycles. The molecule has 3 rings (SSSR count). The molecule has 1 saturated heterocycles. The molecule has 1 aliphatic heterocycles. The van der Waals surface area contributed by atoms with Gasteiger partial charge in [0, 0.05) is 37.1 Å². The van der Waals surface area contributed by atoms with Gasteiger partial charge < -0.3 is 24.8 Å². The maximum atomic E-state index is 12.3. The summed E-state index contributed by atoms with van der Waals surface area (Å²) in [5, 5.41) is 2.85. The number of likely N-dealkylation sites (N-methyl/N-ethyl adjacent to an activating group) is 1. The molecule has 0 saturated carbocycles. The molecule has 2 heterocycles. The molecule has 0 bridgehead atoms. The van der Waals surface area contributed by atoms with Crippen LogP contribution in [0, 0.1) is 0 Å². The van der Waals surface area contributed by atoms with Gasteiger partial charge in [-0.15, -0.1) is 0 Å². The number of imidazole rings is 1. The molecule has 148 valence electrons. The Balaban J connectivity index is 1.52. The number of amides is 2. The van der Waals surface area contributed by atoms with Crippen molar-refractivity contribution in [2.75, 3.05) is 49.6 Å². The zero-order valence-electron chi connectivity index (χ0n) is 15.9. The first-order valence-electron chi connectivity index (χ1n) is 9.33. The highest BCUT2D eigenvalue weighted by atomic mass is 16.5. The van der Waals surface area contributed by atoms with E-state index in [1.54, 1.807) is 18.6 Å². The SMILES string of the molecule is CCN(CC(=O)Nc1ccc(N2CCOCC2)cc1)C(=O)C=Cc1cnc[nH]1. The third-order valence-electron chi connectivity index (χ3n) is 4.48. The maximum Gasteiger partial charge on any atom is 0.247 e. The number of nitrogens with zero attached hydrogens (tertiary/aromatic N) is 3. The van der Waals surface area contributed by atoms with Crippen molar-refractivity contribution >= 4 is 29.3 Å². The smallest absolute Gasteiger partial charge is 0.247 e. The van der Waals surface area contributed by atoms with Gasteiger partial charge in [-0.05, 0) is 37.3 Å². The lowest BCUT2D eigenvalue weighted by Gasteiger charge is -2.29. The largest absolute Gasteiger partial charge is 0.378 e. The Morgan fingerprint density at radius 1 is 1.29 bits per heavy atom. The minimum Gasteiger partial charge on any atom is -0.378 e. The van der Waals surface area contributed by atoms with Gasteiger partial charge in [0.25, 0.3) is 0 Å². The highest BCUT2D eigenvalue weighted by Crippen LogP contribution is 2.19. The fourth-order valence-corrected chi connectivity index (χ4v) is 2.92. The minimum absolute atomic E-state index is 0.00609.